The van der Waals surface area contributed by atoms with Gasteiger partial charge in [0.05, 0.1) is 35.3 Å². The molecule has 0 saturated carbocycles. The Hall–Kier alpha value is -3.05. The molecule has 0 radical (unpaired) electrons. The van der Waals surface area contributed by atoms with Crippen LogP contribution >= 0.6 is 11.6 Å². The van der Waals surface area contributed by atoms with Crippen LogP contribution in [0, 0.1) is 10.1 Å². The molecular weight excluding hydrogens is 433 g/mol. The average molecular weight is 449 g/mol. The lowest BCUT2D eigenvalue weighted by molar-refractivity contribution is -0.385. The number of benzene rings is 2. The van der Waals surface area contributed by atoms with Crippen molar-refractivity contribution in [3.05, 3.63) is 56.6 Å². The van der Waals surface area contributed by atoms with E-state index < -0.39 is 38.8 Å². The SMILES string of the molecule is COCCOc1cc([N+](=O)[O-])c(C(=O)Nc2ccc(Cl)c(C(F)(F)F)c2)cc1OC. The number of rotatable bonds is 8. The van der Waals surface area contributed by atoms with Gasteiger partial charge in [-0.1, -0.05) is 11.6 Å². The number of nitro benzene ring substituents is 1. The number of anilines is 1. The van der Waals surface area contributed by atoms with Gasteiger partial charge in [0.25, 0.3) is 11.6 Å². The Bertz CT molecular complexity index is 952. The molecule has 12 heteroatoms. The van der Waals surface area contributed by atoms with Gasteiger partial charge in [-0.2, -0.15) is 13.2 Å². The van der Waals surface area contributed by atoms with Gasteiger partial charge in [-0.15, -0.1) is 0 Å². The van der Waals surface area contributed by atoms with E-state index in [0.717, 1.165) is 24.3 Å². The molecule has 8 nitrogen and oxygen atoms in total. The summed E-state index contributed by atoms with van der Waals surface area (Å²) in [4.78, 5) is 23.2. The van der Waals surface area contributed by atoms with Gasteiger partial charge >= 0.3 is 6.18 Å². The first-order chi connectivity index (χ1) is 14.1. The van der Waals surface area contributed by atoms with Crippen molar-refractivity contribution in [1.29, 1.82) is 0 Å². The second-order valence-corrected chi connectivity index (χ2v) is 6.17. The van der Waals surface area contributed by atoms with Crippen molar-refractivity contribution in [2.75, 3.05) is 32.8 Å². The first kappa shape index (κ1) is 23.2. The van der Waals surface area contributed by atoms with Gasteiger partial charge in [-0.05, 0) is 18.2 Å². The molecule has 2 aromatic rings. The number of hydrogen-bond donors (Lipinski definition) is 1. The Morgan fingerprint density at radius 1 is 1.17 bits per heavy atom. The maximum Gasteiger partial charge on any atom is 0.417 e. The first-order valence-electron chi connectivity index (χ1n) is 8.24. The summed E-state index contributed by atoms with van der Waals surface area (Å²) in [5.41, 5.74) is -2.45. The van der Waals surface area contributed by atoms with Gasteiger partial charge < -0.3 is 19.5 Å². The Morgan fingerprint density at radius 3 is 2.43 bits per heavy atom. The zero-order valence-electron chi connectivity index (χ0n) is 15.7. The summed E-state index contributed by atoms with van der Waals surface area (Å²) in [7, 11) is 2.71. The summed E-state index contributed by atoms with van der Waals surface area (Å²) in [6.07, 6.45) is -4.74. The number of hydrogen-bond acceptors (Lipinski definition) is 6. The van der Waals surface area contributed by atoms with E-state index in [4.69, 9.17) is 25.8 Å². The summed E-state index contributed by atoms with van der Waals surface area (Å²) in [5.74, 6) is -0.989. The third-order valence-electron chi connectivity index (χ3n) is 3.80. The van der Waals surface area contributed by atoms with Crippen molar-refractivity contribution in [3.63, 3.8) is 0 Å². The molecule has 0 heterocycles. The highest BCUT2D eigenvalue weighted by molar-refractivity contribution is 6.31. The predicted octanol–water partition coefficient (Wildman–Crippen LogP) is 4.55. The van der Waals surface area contributed by atoms with E-state index in [1.807, 2.05) is 0 Å². The molecule has 30 heavy (non-hydrogen) atoms. The van der Waals surface area contributed by atoms with Crippen LogP contribution in [0.3, 0.4) is 0 Å². The number of carbonyl (C=O) groups excluding carboxylic acids is 1. The van der Waals surface area contributed by atoms with Gasteiger partial charge in [0, 0.05) is 18.9 Å². The normalized spacial score (nSPS) is 11.1. The van der Waals surface area contributed by atoms with E-state index >= 15 is 0 Å². The van der Waals surface area contributed by atoms with Gasteiger partial charge in [0.1, 0.15) is 12.2 Å². The Morgan fingerprint density at radius 2 is 1.87 bits per heavy atom. The quantitative estimate of drug-likeness (QED) is 0.361. The highest BCUT2D eigenvalue weighted by Crippen LogP contribution is 2.37. The number of ether oxygens (including phenoxy) is 3. The van der Waals surface area contributed by atoms with Gasteiger partial charge in [-0.25, -0.2) is 0 Å². The van der Waals surface area contributed by atoms with Crippen molar-refractivity contribution < 1.29 is 37.1 Å². The molecule has 0 aliphatic rings. The Labute approximate surface area is 173 Å². The number of halogens is 4. The lowest BCUT2D eigenvalue weighted by Gasteiger charge is -2.14. The minimum Gasteiger partial charge on any atom is -0.493 e. The molecule has 2 aromatic carbocycles. The smallest absolute Gasteiger partial charge is 0.417 e. The summed E-state index contributed by atoms with van der Waals surface area (Å²) < 4.78 is 54.3. The molecule has 1 N–H and O–H groups in total. The second kappa shape index (κ2) is 9.63. The molecule has 0 spiro atoms. The van der Waals surface area contributed by atoms with Crippen LogP contribution in [0.25, 0.3) is 0 Å². The van der Waals surface area contributed by atoms with E-state index in [0.29, 0.717) is 6.07 Å². The number of nitrogens with zero attached hydrogens (tertiary/aromatic N) is 1. The zero-order chi connectivity index (χ0) is 22.5. The van der Waals surface area contributed by atoms with E-state index in [1.54, 1.807) is 0 Å². The van der Waals surface area contributed by atoms with Crippen LogP contribution in [-0.4, -0.2) is 38.3 Å². The monoisotopic (exact) mass is 448 g/mol. The Kier molecular flexibility index (Phi) is 7.46. The number of amides is 1. The van der Waals surface area contributed by atoms with E-state index in [2.05, 4.69) is 5.32 Å². The Balaban J connectivity index is 2.40. The van der Waals surface area contributed by atoms with Crippen molar-refractivity contribution >= 4 is 28.9 Å². The van der Waals surface area contributed by atoms with Crippen LogP contribution in [0.1, 0.15) is 15.9 Å². The molecule has 2 rings (SSSR count). The highest BCUT2D eigenvalue weighted by Gasteiger charge is 2.33. The lowest BCUT2D eigenvalue weighted by Crippen LogP contribution is -2.16. The van der Waals surface area contributed by atoms with E-state index in [-0.39, 0.29) is 30.4 Å². The lowest BCUT2D eigenvalue weighted by atomic mass is 10.1. The molecular formula is C18H16ClF3N2O6. The standard InChI is InChI=1S/C18H16ClF3N2O6/c1-28-5-6-30-16-9-14(24(26)27)11(8-15(16)29-2)17(25)23-10-3-4-13(19)12(7-10)18(20,21)22/h3-4,7-9H,5-6H2,1-2H3,(H,23,25). The molecule has 0 atom stereocenters. The molecule has 0 fully saturated rings. The molecule has 0 saturated heterocycles. The highest BCUT2D eigenvalue weighted by atomic mass is 35.5. The number of alkyl halides is 3. The fourth-order valence-corrected chi connectivity index (χ4v) is 2.63. The molecule has 0 aliphatic heterocycles. The first-order valence-corrected chi connectivity index (χ1v) is 8.62. The summed E-state index contributed by atoms with van der Waals surface area (Å²) in [5, 5.41) is 13.1. The van der Waals surface area contributed by atoms with Gasteiger partial charge in [0.15, 0.2) is 11.5 Å². The maximum atomic E-state index is 13.0. The van der Waals surface area contributed by atoms with Crippen molar-refractivity contribution in [3.8, 4) is 11.5 Å². The second-order valence-electron chi connectivity index (χ2n) is 5.77. The summed E-state index contributed by atoms with van der Waals surface area (Å²) in [6.45, 7) is 0.276. The molecule has 0 unspecified atom stereocenters. The van der Waals surface area contributed by atoms with Crippen molar-refractivity contribution in [1.82, 2.24) is 0 Å². The predicted molar refractivity (Wildman–Crippen MR) is 101 cm³/mol. The molecule has 1 amide bonds. The molecule has 0 bridgehead atoms. The van der Waals surface area contributed by atoms with Gasteiger partial charge in [-0.3, -0.25) is 14.9 Å². The minimum atomic E-state index is -4.74. The average Bonchev–Trinajstić information content (AvgIpc) is 2.68. The number of carbonyl (C=O) groups is 1. The van der Waals surface area contributed by atoms with Crippen LogP contribution in [0.15, 0.2) is 30.3 Å². The van der Waals surface area contributed by atoms with Gasteiger partial charge in [0.2, 0.25) is 0 Å². The van der Waals surface area contributed by atoms with Crippen LogP contribution in [0.2, 0.25) is 5.02 Å². The van der Waals surface area contributed by atoms with Crippen molar-refractivity contribution in [2.45, 2.75) is 6.18 Å². The van der Waals surface area contributed by atoms with E-state index in [9.17, 15) is 28.1 Å². The number of methoxy groups -OCH3 is 2. The van der Waals surface area contributed by atoms with Crippen LogP contribution in [-0.2, 0) is 10.9 Å². The fraction of sp³-hybridized carbons (Fsp3) is 0.278. The zero-order valence-corrected chi connectivity index (χ0v) is 16.5. The summed E-state index contributed by atoms with van der Waals surface area (Å²) in [6, 6.07) is 4.79. The minimum absolute atomic E-state index is 0.00338. The topological polar surface area (TPSA) is 99.9 Å². The van der Waals surface area contributed by atoms with Crippen LogP contribution < -0.4 is 14.8 Å². The maximum absolute atomic E-state index is 13.0. The number of nitrogens with one attached hydrogen (secondary N) is 1. The fourth-order valence-electron chi connectivity index (χ4n) is 2.41. The molecule has 162 valence electrons. The third-order valence-corrected chi connectivity index (χ3v) is 4.13. The van der Waals surface area contributed by atoms with Crippen molar-refractivity contribution in [2.24, 2.45) is 0 Å². The molecule has 0 aliphatic carbocycles. The van der Waals surface area contributed by atoms with E-state index in [1.165, 1.54) is 14.2 Å². The third kappa shape index (κ3) is 5.51. The molecule has 0 aromatic heterocycles. The largest absolute Gasteiger partial charge is 0.493 e. The summed E-state index contributed by atoms with van der Waals surface area (Å²) >= 11 is 5.55. The van der Waals surface area contributed by atoms with Crippen LogP contribution in [0.4, 0.5) is 24.5 Å². The van der Waals surface area contributed by atoms with Crippen LogP contribution in [0.5, 0.6) is 11.5 Å². The number of nitro groups is 1.